The topological polar surface area (TPSA) is 69.8 Å². The molecule has 1 atom stereocenters. The summed E-state index contributed by atoms with van der Waals surface area (Å²) in [6.07, 6.45) is 0.0504. The first-order valence-corrected chi connectivity index (χ1v) is 7.44. The normalized spacial score (nSPS) is 12.7. The number of aromatic nitrogens is 1. The smallest absolute Gasteiger partial charge is 0.198 e. The maximum absolute atomic E-state index is 5.92. The Morgan fingerprint density at radius 3 is 2.50 bits per heavy atom. The van der Waals surface area contributed by atoms with E-state index >= 15 is 0 Å². The van der Waals surface area contributed by atoms with Gasteiger partial charge in [-0.1, -0.05) is 0 Å². The molecular weight excluding hydrogens is 278 g/mol. The molecule has 0 aromatic carbocycles. The van der Waals surface area contributed by atoms with Crippen LogP contribution in [0.15, 0.2) is 0 Å². The van der Waals surface area contributed by atoms with Crippen molar-refractivity contribution in [2.45, 2.75) is 32.9 Å². The molecule has 0 aliphatic carbocycles. The molecule has 0 amide bonds. The van der Waals surface area contributed by atoms with Crippen LogP contribution in [-0.2, 0) is 9.47 Å². The minimum Gasteiger partial charge on any atom is -0.484 e. The van der Waals surface area contributed by atoms with Crippen molar-refractivity contribution in [3.63, 3.8) is 0 Å². The van der Waals surface area contributed by atoms with Gasteiger partial charge in [0.15, 0.2) is 16.6 Å². The van der Waals surface area contributed by atoms with Gasteiger partial charge in [0.2, 0.25) is 0 Å². The number of hydrogen-bond donors (Lipinski definition) is 1. The molecule has 0 saturated heterocycles. The molecule has 1 unspecified atom stereocenters. The summed E-state index contributed by atoms with van der Waals surface area (Å²) in [5.41, 5.74) is 5.92. The molecule has 0 aliphatic rings. The van der Waals surface area contributed by atoms with Gasteiger partial charge in [-0.05, 0) is 32.3 Å². The van der Waals surface area contributed by atoms with Crippen molar-refractivity contribution in [3.8, 4) is 5.75 Å². The van der Waals surface area contributed by atoms with E-state index in [2.05, 4.69) is 16.2 Å². The molecule has 1 heterocycles. The lowest BCUT2D eigenvalue weighted by Gasteiger charge is -2.30. The second-order valence-corrected chi connectivity index (χ2v) is 5.61. The monoisotopic (exact) mass is 303 g/mol. The van der Waals surface area contributed by atoms with Crippen LogP contribution in [0.1, 0.15) is 20.8 Å². The lowest BCUT2D eigenvalue weighted by Crippen LogP contribution is -2.38. The highest BCUT2D eigenvalue weighted by atomic mass is 32.1. The van der Waals surface area contributed by atoms with E-state index in [4.69, 9.17) is 19.9 Å². The van der Waals surface area contributed by atoms with Gasteiger partial charge in [-0.15, -0.1) is 0 Å². The Kier molecular flexibility index (Phi) is 7.04. The van der Waals surface area contributed by atoms with Crippen LogP contribution >= 0.6 is 11.5 Å². The fraction of sp³-hybridized carbons (Fsp3) is 0.769. The van der Waals surface area contributed by atoms with Gasteiger partial charge in [0.1, 0.15) is 0 Å². The molecule has 20 heavy (non-hydrogen) atoms. The summed E-state index contributed by atoms with van der Waals surface area (Å²) in [6.45, 7) is 8.00. The summed E-state index contributed by atoms with van der Waals surface area (Å²) in [4.78, 5) is 2.17. The van der Waals surface area contributed by atoms with Crippen LogP contribution in [-0.4, -0.2) is 50.5 Å². The first-order chi connectivity index (χ1) is 9.51. The van der Waals surface area contributed by atoms with E-state index in [1.807, 2.05) is 13.8 Å². The standard InChI is InChI=1S/C13H25N3O3S/c1-9(2)19-11-12(14)15-20-13(11)16(6-7-17-4)10(3)8-18-5/h9-10H,6-8H2,1-5H3,(H2,14,15). The van der Waals surface area contributed by atoms with E-state index in [9.17, 15) is 0 Å². The predicted octanol–water partition coefficient (Wildman–Crippen LogP) is 2.00. The molecule has 116 valence electrons. The zero-order chi connectivity index (χ0) is 15.1. The van der Waals surface area contributed by atoms with Crippen molar-refractivity contribution in [2.75, 3.05) is 44.6 Å². The molecule has 7 heteroatoms. The molecule has 0 fully saturated rings. The molecule has 1 rings (SSSR count). The minimum atomic E-state index is 0.0504. The fourth-order valence-corrected chi connectivity index (χ4v) is 2.74. The number of nitrogens with two attached hydrogens (primary N) is 1. The van der Waals surface area contributed by atoms with Gasteiger partial charge < -0.3 is 24.8 Å². The van der Waals surface area contributed by atoms with Crippen LogP contribution in [0.5, 0.6) is 5.75 Å². The fourth-order valence-electron chi connectivity index (χ4n) is 1.86. The van der Waals surface area contributed by atoms with Crippen molar-refractivity contribution in [1.29, 1.82) is 0 Å². The third-order valence-electron chi connectivity index (χ3n) is 2.75. The van der Waals surface area contributed by atoms with Crippen LogP contribution in [0.25, 0.3) is 0 Å². The molecule has 1 aromatic heterocycles. The third kappa shape index (κ3) is 4.50. The maximum Gasteiger partial charge on any atom is 0.198 e. The van der Waals surface area contributed by atoms with Gasteiger partial charge in [0.05, 0.1) is 25.4 Å². The number of nitrogens with zero attached hydrogens (tertiary/aromatic N) is 2. The highest BCUT2D eigenvalue weighted by molar-refractivity contribution is 7.11. The Hall–Kier alpha value is -1.05. The van der Waals surface area contributed by atoms with Crippen molar-refractivity contribution in [2.24, 2.45) is 0 Å². The van der Waals surface area contributed by atoms with Crippen molar-refractivity contribution >= 4 is 22.4 Å². The quantitative estimate of drug-likeness (QED) is 0.752. The number of rotatable bonds is 9. The zero-order valence-electron chi connectivity index (χ0n) is 12.9. The summed E-state index contributed by atoms with van der Waals surface area (Å²) in [6, 6.07) is 0.185. The van der Waals surface area contributed by atoms with Gasteiger partial charge in [0, 0.05) is 20.8 Å². The lowest BCUT2D eigenvalue weighted by molar-refractivity contribution is 0.170. The molecule has 6 nitrogen and oxygen atoms in total. The van der Waals surface area contributed by atoms with E-state index in [0.29, 0.717) is 24.8 Å². The van der Waals surface area contributed by atoms with Crippen LogP contribution in [0.3, 0.4) is 0 Å². The first kappa shape index (κ1) is 17.0. The van der Waals surface area contributed by atoms with E-state index in [1.54, 1.807) is 14.2 Å². The van der Waals surface area contributed by atoms with E-state index < -0.39 is 0 Å². The maximum atomic E-state index is 5.92. The number of anilines is 2. The van der Waals surface area contributed by atoms with Crippen molar-refractivity contribution in [3.05, 3.63) is 0 Å². The van der Waals surface area contributed by atoms with Crippen molar-refractivity contribution in [1.82, 2.24) is 4.37 Å². The highest BCUT2D eigenvalue weighted by Crippen LogP contribution is 2.39. The van der Waals surface area contributed by atoms with Gasteiger partial charge >= 0.3 is 0 Å². The summed E-state index contributed by atoms with van der Waals surface area (Å²) in [7, 11) is 3.38. The lowest BCUT2D eigenvalue weighted by atomic mass is 10.3. The van der Waals surface area contributed by atoms with Gasteiger partial charge in [-0.25, -0.2) is 0 Å². The molecular formula is C13H25N3O3S. The second kappa shape index (κ2) is 8.28. The largest absolute Gasteiger partial charge is 0.484 e. The van der Waals surface area contributed by atoms with Crippen LogP contribution in [0.2, 0.25) is 0 Å². The summed E-state index contributed by atoms with van der Waals surface area (Å²) in [5.74, 6) is 1.09. The summed E-state index contributed by atoms with van der Waals surface area (Å²) >= 11 is 1.35. The Bertz CT molecular complexity index is 398. The number of hydrogen-bond acceptors (Lipinski definition) is 7. The van der Waals surface area contributed by atoms with Gasteiger partial charge in [0.25, 0.3) is 0 Å². The Morgan fingerprint density at radius 1 is 1.25 bits per heavy atom. The minimum absolute atomic E-state index is 0.0504. The van der Waals surface area contributed by atoms with Gasteiger partial charge in [-0.3, -0.25) is 0 Å². The van der Waals surface area contributed by atoms with E-state index in [-0.39, 0.29) is 12.1 Å². The SMILES string of the molecule is COCCN(c1snc(N)c1OC(C)C)C(C)COC. The third-order valence-corrected chi connectivity index (χ3v) is 3.63. The van der Waals surface area contributed by atoms with Crippen LogP contribution < -0.4 is 15.4 Å². The van der Waals surface area contributed by atoms with E-state index in [1.165, 1.54) is 11.5 Å². The second-order valence-electron chi connectivity index (χ2n) is 4.86. The highest BCUT2D eigenvalue weighted by Gasteiger charge is 2.24. The Labute approximate surface area is 125 Å². The average Bonchev–Trinajstić information content (AvgIpc) is 2.72. The van der Waals surface area contributed by atoms with Crippen LogP contribution in [0.4, 0.5) is 10.8 Å². The molecule has 0 saturated carbocycles. The molecule has 2 N–H and O–H groups in total. The van der Waals surface area contributed by atoms with Crippen LogP contribution in [0, 0.1) is 0 Å². The average molecular weight is 303 g/mol. The van der Waals surface area contributed by atoms with Crippen molar-refractivity contribution < 1.29 is 14.2 Å². The molecule has 0 spiro atoms. The Balaban J connectivity index is 2.99. The Morgan fingerprint density at radius 2 is 1.95 bits per heavy atom. The number of methoxy groups -OCH3 is 2. The number of ether oxygens (including phenoxy) is 3. The molecule has 0 radical (unpaired) electrons. The first-order valence-electron chi connectivity index (χ1n) is 6.67. The molecule has 1 aromatic rings. The van der Waals surface area contributed by atoms with Gasteiger partial charge in [-0.2, -0.15) is 4.37 Å². The zero-order valence-corrected chi connectivity index (χ0v) is 13.7. The molecule has 0 bridgehead atoms. The summed E-state index contributed by atoms with van der Waals surface area (Å²) in [5, 5.41) is 0.929. The number of nitrogen functional groups attached to an aromatic ring is 1. The van der Waals surface area contributed by atoms with E-state index in [0.717, 1.165) is 11.5 Å². The summed E-state index contributed by atoms with van der Waals surface area (Å²) < 4.78 is 20.4. The molecule has 0 aliphatic heterocycles. The predicted molar refractivity (Wildman–Crippen MR) is 82.9 cm³/mol.